The standard InChI is InChI=1S/C12H18/c1-12(2)10-8-6-3-4-7(5-6)9(8)11(10)12/h6-11H,3-5H2,1-2H3/t6-,7+,8?,9?,10?,11?. The fourth-order valence-corrected chi connectivity index (χ4v) is 5.49. The van der Waals surface area contributed by atoms with Crippen LogP contribution < -0.4 is 0 Å². The Bertz CT molecular complexity index is 229. The second-order valence-corrected chi connectivity index (χ2v) is 6.36. The molecule has 6 atom stereocenters. The van der Waals surface area contributed by atoms with E-state index in [9.17, 15) is 0 Å². The van der Waals surface area contributed by atoms with E-state index < -0.39 is 0 Å². The number of hydrogen-bond acceptors (Lipinski definition) is 0. The minimum atomic E-state index is 0.774. The van der Waals surface area contributed by atoms with Crippen LogP contribution in [-0.4, -0.2) is 0 Å². The molecule has 4 aliphatic carbocycles. The molecule has 0 radical (unpaired) electrons. The Hall–Kier alpha value is 0. The normalized spacial score (nSPS) is 68.5. The van der Waals surface area contributed by atoms with Gasteiger partial charge in [0, 0.05) is 0 Å². The zero-order valence-corrected chi connectivity index (χ0v) is 8.09. The second kappa shape index (κ2) is 1.51. The van der Waals surface area contributed by atoms with Crippen LogP contribution >= 0.6 is 0 Å². The molecule has 4 unspecified atom stereocenters. The van der Waals surface area contributed by atoms with Crippen molar-refractivity contribution < 1.29 is 0 Å². The van der Waals surface area contributed by atoms with Gasteiger partial charge < -0.3 is 0 Å². The van der Waals surface area contributed by atoms with E-state index in [1.54, 1.807) is 19.3 Å². The zero-order valence-electron chi connectivity index (χ0n) is 8.09. The van der Waals surface area contributed by atoms with E-state index in [1.165, 1.54) is 35.5 Å². The Morgan fingerprint density at radius 1 is 0.917 bits per heavy atom. The highest BCUT2D eigenvalue weighted by Gasteiger charge is 2.78. The smallest absolute Gasteiger partial charge is 0.0286 e. The van der Waals surface area contributed by atoms with Crippen LogP contribution in [0.15, 0.2) is 0 Å². The van der Waals surface area contributed by atoms with Crippen molar-refractivity contribution in [2.45, 2.75) is 33.1 Å². The van der Waals surface area contributed by atoms with Crippen LogP contribution in [0.3, 0.4) is 0 Å². The summed E-state index contributed by atoms with van der Waals surface area (Å²) in [6, 6.07) is 0. The summed E-state index contributed by atoms with van der Waals surface area (Å²) in [5.74, 6) is 7.15. The summed E-state index contributed by atoms with van der Waals surface area (Å²) in [6.45, 7) is 5.03. The van der Waals surface area contributed by atoms with E-state index in [1.807, 2.05) is 0 Å². The molecular weight excluding hydrogens is 144 g/mol. The Morgan fingerprint density at radius 3 is 1.92 bits per heavy atom. The van der Waals surface area contributed by atoms with Crippen LogP contribution in [0.4, 0.5) is 0 Å². The highest BCUT2D eigenvalue weighted by molar-refractivity contribution is 5.26. The number of rotatable bonds is 0. The van der Waals surface area contributed by atoms with Crippen molar-refractivity contribution in [2.75, 3.05) is 0 Å². The Morgan fingerprint density at radius 2 is 1.42 bits per heavy atom. The summed E-state index contributed by atoms with van der Waals surface area (Å²) in [5, 5.41) is 0. The molecule has 12 heavy (non-hydrogen) atoms. The van der Waals surface area contributed by atoms with Gasteiger partial charge in [0.2, 0.25) is 0 Å². The molecular formula is C12H18. The molecule has 0 spiro atoms. The van der Waals surface area contributed by atoms with E-state index in [2.05, 4.69) is 13.8 Å². The monoisotopic (exact) mass is 162 g/mol. The van der Waals surface area contributed by atoms with Gasteiger partial charge in [-0.25, -0.2) is 0 Å². The van der Waals surface area contributed by atoms with Crippen molar-refractivity contribution in [2.24, 2.45) is 40.9 Å². The van der Waals surface area contributed by atoms with Crippen LogP contribution in [0, 0.1) is 40.9 Å². The maximum absolute atomic E-state index is 2.51. The van der Waals surface area contributed by atoms with Crippen LogP contribution in [0.2, 0.25) is 0 Å². The van der Waals surface area contributed by atoms with E-state index in [-0.39, 0.29) is 0 Å². The average Bonchev–Trinajstić information content (AvgIpc) is 2.28. The van der Waals surface area contributed by atoms with Gasteiger partial charge in [-0.15, -0.1) is 0 Å². The van der Waals surface area contributed by atoms with E-state index in [0.717, 1.165) is 5.41 Å². The molecule has 2 bridgehead atoms. The summed E-state index contributed by atoms with van der Waals surface area (Å²) in [5.41, 5.74) is 0.774. The fraction of sp³-hybridized carbons (Fsp3) is 1.00. The zero-order chi connectivity index (χ0) is 8.09. The first-order chi connectivity index (χ1) is 5.71. The molecule has 4 rings (SSSR count). The summed E-state index contributed by atoms with van der Waals surface area (Å²) < 4.78 is 0. The maximum Gasteiger partial charge on any atom is -0.0286 e. The molecule has 0 heteroatoms. The summed E-state index contributed by atoms with van der Waals surface area (Å²) in [7, 11) is 0. The molecule has 0 aliphatic heterocycles. The van der Waals surface area contributed by atoms with E-state index in [0.29, 0.717) is 0 Å². The topological polar surface area (TPSA) is 0 Å². The van der Waals surface area contributed by atoms with Crippen molar-refractivity contribution in [3.63, 3.8) is 0 Å². The lowest BCUT2D eigenvalue weighted by atomic mass is 9.66. The summed E-state index contributed by atoms with van der Waals surface area (Å²) in [6.07, 6.45) is 4.80. The third kappa shape index (κ3) is 0.438. The number of fused-ring (bicyclic) bond motifs is 8. The summed E-state index contributed by atoms with van der Waals surface area (Å²) in [4.78, 5) is 0. The highest BCUT2D eigenvalue weighted by atomic mass is 14.8. The van der Waals surface area contributed by atoms with Crippen molar-refractivity contribution in [1.29, 1.82) is 0 Å². The predicted octanol–water partition coefficient (Wildman–Crippen LogP) is 2.93. The number of hydrogen-bond donors (Lipinski definition) is 0. The first-order valence-corrected chi connectivity index (χ1v) is 5.71. The third-order valence-electron chi connectivity index (χ3n) is 5.87. The lowest BCUT2D eigenvalue weighted by Gasteiger charge is -2.39. The van der Waals surface area contributed by atoms with Crippen molar-refractivity contribution in [1.82, 2.24) is 0 Å². The minimum Gasteiger partial charge on any atom is -0.0593 e. The molecule has 4 fully saturated rings. The molecule has 0 nitrogen and oxygen atoms in total. The molecule has 0 amide bonds. The molecule has 4 aliphatic rings. The van der Waals surface area contributed by atoms with Gasteiger partial charge in [-0.3, -0.25) is 0 Å². The molecule has 0 aromatic rings. The van der Waals surface area contributed by atoms with Gasteiger partial charge in [0.25, 0.3) is 0 Å². The Balaban J connectivity index is 1.74. The van der Waals surface area contributed by atoms with Gasteiger partial charge in [-0.05, 0) is 60.2 Å². The second-order valence-electron chi connectivity index (χ2n) is 6.36. The van der Waals surface area contributed by atoms with Gasteiger partial charge in [-0.1, -0.05) is 13.8 Å². The van der Waals surface area contributed by atoms with Crippen molar-refractivity contribution in [3.05, 3.63) is 0 Å². The molecule has 0 N–H and O–H groups in total. The Labute approximate surface area is 74.7 Å². The fourth-order valence-electron chi connectivity index (χ4n) is 5.49. The Kier molecular flexibility index (Phi) is 0.811. The van der Waals surface area contributed by atoms with E-state index in [4.69, 9.17) is 0 Å². The maximum atomic E-state index is 2.51. The summed E-state index contributed by atoms with van der Waals surface area (Å²) >= 11 is 0. The molecule has 0 aromatic heterocycles. The molecule has 0 aromatic carbocycles. The third-order valence-corrected chi connectivity index (χ3v) is 5.87. The van der Waals surface area contributed by atoms with Gasteiger partial charge in [0.15, 0.2) is 0 Å². The lowest BCUT2D eigenvalue weighted by molar-refractivity contribution is 0.0851. The van der Waals surface area contributed by atoms with Gasteiger partial charge in [0.05, 0.1) is 0 Å². The molecule has 0 saturated heterocycles. The first kappa shape index (κ1) is 6.45. The molecule has 66 valence electrons. The quantitative estimate of drug-likeness (QED) is 0.514. The van der Waals surface area contributed by atoms with Crippen LogP contribution in [0.5, 0.6) is 0 Å². The van der Waals surface area contributed by atoms with Crippen LogP contribution in [-0.2, 0) is 0 Å². The van der Waals surface area contributed by atoms with Gasteiger partial charge >= 0.3 is 0 Å². The largest absolute Gasteiger partial charge is 0.0593 e. The van der Waals surface area contributed by atoms with Crippen LogP contribution in [0.25, 0.3) is 0 Å². The van der Waals surface area contributed by atoms with E-state index >= 15 is 0 Å². The SMILES string of the molecule is CC1(C)C2C3C(C21)[C@H]1CC[C@@H]3C1. The average molecular weight is 162 g/mol. The predicted molar refractivity (Wildman–Crippen MR) is 48.6 cm³/mol. The lowest BCUT2D eigenvalue weighted by Crippen LogP contribution is -2.34. The highest BCUT2D eigenvalue weighted by Crippen LogP contribution is 2.83. The minimum absolute atomic E-state index is 0.774. The molecule has 4 saturated carbocycles. The van der Waals surface area contributed by atoms with Crippen molar-refractivity contribution >= 4 is 0 Å². The van der Waals surface area contributed by atoms with Gasteiger partial charge in [-0.2, -0.15) is 0 Å². The first-order valence-electron chi connectivity index (χ1n) is 5.71. The van der Waals surface area contributed by atoms with Gasteiger partial charge in [0.1, 0.15) is 0 Å². The van der Waals surface area contributed by atoms with Crippen LogP contribution in [0.1, 0.15) is 33.1 Å². The van der Waals surface area contributed by atoms with Crippen molar-refractivity contribution in [3.8, 4) is 0 Å². The molecule has 0 heterocycles.